The molecule has 0 saturated carbocycles. The first-order valence-corrected chi connectivity index (χ1v) is 9.94. The minimum Gasteiger partial charge on any atom is -0.480 e. The van der Waals surface area contributed by atoms with Crippen LogP contribution in [0, 0.1) is 11.8 Å². The van der Waals surface area contributed by atoms with Crippen LogP contribution in [0.5, 0.6) is 0 Å². The van der Waals surface area contributed by atoms with E-state index in [2.05, 4.69) is 16.0 Å². The maximum absolute atomic E-state index is 12.7. The highest BCUT2D eigenvalue weighted by atomic mass is 16.4. The summed E-state index contributed by atoms with van der Waals surface area (Å²) < 4.78 is 0. The summed E-state index contributed by atoms with van der Waals surface area (Å²) in [6, 6.07) is -4.16. The maximum Gasteiger partial charge on any atom is 0.326 e. The van der Waals surface area contributed by atoms with Gasteiger partial charge in [0.2, 0.25) is 23.6 Å². The van der Waals surface area contributed by atoms with Gasteiger partial charge in [-0.15, -0.1) is 0 Å². The average Bonchev–Trinajstić information content (AvgIpc) is 2.60. The van der Waals surface area contributed by atoms with E-state index in [0.717, 1.165) is 0 Å². The Balaban J connectivity index is 5.45. The van der Waals surface area contributed by atoms with Crippen LogP contribution in [0.2, 0.25) is 0 Å². The standard InChI is InChI=1S/C19H35N5O6/c1-9(2)8-13(19(29)30)23-17(27)12(6-7-14(21)25)22-18(28)15(10(3)4)24-16(26)11(5)20/h9-13,15H,6-8,20H2,1-5H3,(H2,21,25)(H,22,28)(H,23,27)(H,24,26)(H,29,30). The van der Waals surface area contributed by atoms with E-state index in [4.69, 9.17) is 11.5 Å². The van der Waals surface area contributed by atoms with Gasteiger partial charge >= 0.3 is 5.97 Å². The molecule has 0 saturated heterocycles. The smallest absolute Gasteiger partial charge is 0.326 e. The predicted octanol–water partition coefficient (Wildman–Crippen LogP) is -1.16. The van der Waals surface area contributed by atoms with Gasteiger partial charge < -0.3 is 32.5 Å². The molecule has 0 spiro atoms. The maximum atomic E-state index is 12.7. The van der Waals surface area contributed by atoms with Crippen LogP contribution < -0.4 is 27.4 Å². The summed E-state index contributed by atoms with van der Waals surface area (Å²) >= 11 is 0. The van der Waals surface area contributed by atoms with Crippen LogP contribution in [0.3, 0.4) is 0 Å². The van der Waals surface area contributed by atoms with Gasteiger partial charge in [0.15, 0.2) is 0 Å². The van der Waals surface area contributed by atoms with Gasteiger partial charge in [0.05, 0.1) is 6.04 Å². The molecular weight excluding hydrogens is 394 g/mol. The Kier molecular flexibility index (Phi) is 11.6. The third kappa shape index (κ3) is 10.2. The quantitative estimate of drug-likeness (QED) is 0.212. The molecule has 0 aliphatic carbocycles. The predicted molar refractivity (Wildman–Crippen MR) is 110 cm³/mol. The lowest BCUT2D eigenvalue weighted by atomic mass is 10.0. The average molecular weight is 430 g/mol. The number of carboxylic acid groups (broad SMARTS) is 1. The zero-order chi connectivity index (χ0) is 23.6. The summed E-state index contributed by atoms with van der Waals surface area (Å²) in [5.41, 5.74) is 10.7. The molecule has 30 heavy (non-hydrogen) atoms. The number of hydrogen-bond acceptors (Lipinski definition) is 6. The van der Waals surface area contributed by atoms with Crippen LogP contribution in [0.25, 0.3) is 0 Å². The molecule has 4 atom stereocenters. The molecule has 8 N–H and O–H groups in total. The first-order chi connectivity index (χ1) is 13.8. The Morgan fingerprint density at radius 2 is 1.37 bits per heavy atom. The summed E-state index contributed by atoms with van der Waals surface area (Å²) in [7, 11) is 0. The molecule has 0 bridgehead atoms. The highest BCUT2D eigenvalue weighted by molar-refractivity contribution is 5.94. The number of hydrogen-bond donors (Lipinski definition) is 6. The zero-order valence-corrected chi connectivity index (χ0v) is 18.2. The van der Waals surface area contributed by atoms with Crippen LogP contribution >= 0.6 is 0 Å². The summed E-state index contributed by atoms with van der Waals surface area (Å²) in [5.74, 6) is -4.14. The lowest BCUT2D eigenvalue weighted by molar-refractivity contribution is -0.143. The Bertz CT molecular complexity index is 635. The van der Waals surface area contributed by atoms with Crippen molar-refractivity contribution in [2.24, 2.45) is 23.3 Å². The summed E-state index contributed by atoms with van der Waals surface area (Å²) in [4.78, 5) is 59.9. The van der Waals surface area contributed by atoms with E-state index in [9.17, 15) is 29.1 Å². The van der Waals surface area contributed by atoms with Crippen LogP contribution in [0.4, 0.5) is 0 Å². The summed E-state index contributed by atoms with van der Waals surface area (Å²) in [6.45, 7) is 8.49. The Hall–Kier alpha value is -2.69. The molecule has 172 valence electrons. The van der Waals surface area contributed by atoms with Crippen molar-refractivity contribution in [1.82, 2.24) is 16.0 Å². The first-order valence-electron chi connectivity index (χ1n) is 9.94. The highest BCUT2D eigenvalue weighted by Gasteiger charge is 2.31. The third-order valence-electron chi connectivity index (χ3n) is 4.29. The van der Waals surface area contributed by atoms with Crippen LogP contribution in [0.1, 0.15) is 53.9 Å². The van der Waals surface area contributed by atoms with Gasteiger partial charge in [-0.3, -0.25) is 19.2 Å². The van der Waals surface area contributed by atoms with E-state index in [1.807, 2.05) is 13.8 Å². The fourth-order valence-electron chi connectivity index (χ4n) is 2.60. The number of aliphatic carboxylic acids is 1. The normalized spacial score (nSPS) is 15.1. The second kappa shape index (κ2) is 12.8. The Morgan fingerprint density at radius 3 is 1.77 bits per heavy atom. The van der Waals surface area contributed by atoms with Gasteiger partial charge in [-0.05, 0) is 31.6 Å². The van der Waals surface area contributed by atoms with Crippen molar-refractivity contribution in [3.63, 3.8) is 0 Å². The van der Waals surface area contributed by atoms with Crippen molar-refractivity contribution in [2.75, 3.05) is 0 Å². The molecular formula is C19H35N5O6. The first kappa shape index (κ1) is 27.3. The molecule has 4 amide bonds. The van der Waals surface area contributed by atoms with E-state index >= 15 is 0 Å². The van der Waals surface area contributed by atoms with Gasteiger partial charge in [0, 0.05) is 6.42 Å². The summed E-state index contributed by atoms with van der Waals surface area (Å²) in [5, 5.41) is 16.7. The number of primary amides is 1. The molecule has 0 heterocycles. The fourth-order valence-corrected chi connectivity index (χ4v) is 2.60. The highest BCUT2D eigenvalue weighted by Crippen LogP contribution is 2.08. The van der Waals surface area contributed by atoms with E-state index in [0.29, 0.717) is 0 Å². The van der Waals surface area contributed by atoms with Gasteiger partial charge in [0.1, 0.15) is 18.1 Å². The van der Waals surface area contributed by atoms with Gasteiger partial charge in [-0.1, -0.05) is 27.7 Å². The van der Waals surface area contributed by atoms with Gasteiger partial charge in [-0.25, -0.2) is 4.79 Å². The topological polar surface area (TPSA) is 194 Å². The number of carbonyl (C=O) groups excluding carboxylic acids is 4. The molecule has 0 aliphatic rings. The number of carbonyl (C=O) groups is 5. The number of nitrogens with two attached hydrogens (primary N) is 2. The lowest BCUT2D eigenvalue weighted by Crippen LogP contribution is -2.58. The Labute approximate surface area is 176 Å². The minimum absolute atomic E-state index is 0.00356. The van der Waals surface area contributed by atoms with Crippen LogP contribution in [0.15, 0.2) is 0 Å². The van der Waals surface area contributed by atoms with Gasteiger partial charge in [0.25, 0.3) is 0 Å². The van der Waals surface area contributed by atoms with Crippen molar-refractivity contribution in [2.45, 2.75) is 78.0 Å². The zero-order valence-electron chi connectivity index (χ0n) is 18.2. The molecule has 4 unspecified atom stereocenters. The number of rotatable bonds is 13. The molecule has 0 fully saturated rings. The molecule has 0 aromatic heterocycles. The van der Waals surface area contributed by atoms with Crippen LogP contribution in [-0.4, -0.2) is 58.9 Å². The molecule has 0 rings (SSSR count). The molecule has 0 aliphatic heterocycles. The van der Waals surface area contributed by atoms with Crippen molar-refractivity contribution in [3.05, 3.63) is 0 Å². The minimum atomic E-state index is -1.21. The lowest BCUT2D eigenvalue weighted by Gasteiger charge is -2.26. The second-order valence-corrected chi connectivity index (χ2v) is 8.11. The number of carboxylic acids is 1. The Morgan fingerprint density at radius 1 is 0.833 bits per heavy atom. The third-order valence-corrected chi connectivity index (χ3v) is 4.29. The van der Waals surface area contributed by atoms with Gasteiger partial charge in [-0.2, -0.15) is 0 Å². The molecule has 11 nitrogen and oxygen atoms in total. The van der Waals surface area contributed by atoms with Crippen molar-refractivity contribution >= 4 is 29.6 Å². The second-order valence-electron chi connectivity index (χ2n) is 8.11. The molecule has 0 aromatic rings. The summed E-state index contributed by atoms with van der Waals surface area (Å²) in [6.07, 6.45) is -0.123. The van der Waals surface area contributed by atoms with Crippen LogP contribution in [-0.2, 0) is 24.0 Å². The molecule has 0 radical (unpaired) electrons. The SMILES string of the molecule is CC(C)CC(NC(=O)C(CCC(N)=O)NC(=O)C(NC(=O)C(C)N)C(C)C)C(=O)O. The van der Waals surface area contributed by atoms with E-state index < -0.39 is 53.8 Å². The molecule has 0 aromatic carbocycles. The molecule has 11 heteroatoms. The largest absolute Gasteiger partial charge is 0.480 e. The number of amides is 4. The monoisotopic (exact) mass is 429 g/mol. The van der Waals surface area contributed by atoms with Crippen molar-refractivity contribution < 1.29 is 29.1 Å². The van der Waals surface area contributed by atoms with E-state index in [1.54, 1.807) is 13.8 Å². The number of nitrogens with one attached hydrogen (secondary N) is 3. The fraction of sp³-hybridized carbons (Fsp3) is 0.737. The van der Waals surface area contributed by atoms with Crippen molar-refractivity contribution in [3.8, 4) is 0 Å². The van der Waals surface area contributed by atoms with Crippen molar-refractivity contribution in [1.29, 1.82) is 0 Å². The van der Waals surface area contributed by atoms with E-state index in [-0.39, 0.29) is 31.1 Å². The van der Waals surface area contributed by atoms with E-state index in [1.165, 1.54) is 6.92 Å².